The van der Waals surface area contributed by atoms with Gasteiger partial charge in [-0.05, 0) is 107 Å². The summed E-state index contributed by atoms with van der Waals surface area (Å²) in [5.74, 6) is 1.77. The number of para-hydroxylation sites is 3. The van der Waals surface area contributed by atoms with Crippen molar-refractivity contribution in [3.63, 3.8) is 0 Å². The molecule has 0 saturated heterocycles. The zero-order chi connectivity index (χ0) is 53.3. The molecule has 5 nitrogen and oxygen atoms in total. The van der Waals surface area contributed by atoms with Gasteiger partial charge < -0.3 is 13.9 Å². The van der Waals surface area contributed by atoms with Crippen LogP contribution in [0.1, 0.15) is 85.9 Å². The molecule has 0 aliphatic carbocycles. The van der Waals surface area contributed by atoms with Gasteiger partial charge in [-0.3, -0.25) is 4.57 Å². The predicted octanol–water partition coefficient (Wildman–Crippen LogP) is 16.5. The van der Waals surface area contributed by atoms with E-state index in [-0.39, 0.29) is 55.0 Å². The van der Waals surface area contributed by atoms with Crippen molar-refractivity contribution in [1.29, 1.82) is 0 Å². The summed E-state index contributed by atoms with van der Waals surface area (Å²) >= 11 is 0. The Balaban J connectivity index is 0.00000631. The molecule has 6 heteroatoms. The maximum Gasteiger partial charge on any atom is 0.268 e. The first-order valence-electron chi connectivity index (χ1n) is 26.8. The monoisotopic (exact) mass is 1120 g/mol. The van der Waals surface area contributed by atoms with E-state index >= 15 is 0 Å². The summed E-state index contributed by atoms with van der Waals surface area (Å²) in [5, 5.41) is 2.12. The maximum absolute atomic E-state index is 9.40. The molecular formula is C66H56N4OPt-2. The van der Waals surface area contributed by atoms with Crippen LogP contribution >= 0.6 is 0 Å². The summed E-state index contributed by atoms with van der Waals surface area (Å²) in [5.41, 5.74) is 14.1. The molecule has 1 aliphatic heterocycles. The molecule has 0 atom stereocenters. The van der Waals surface area contributed by atoms with Crippen molar-refractivity contribution in [2.45, 2.75) is 78.6 Å². The molecule has 3 aromatic heterocycles. The maximum atomic E-state index is 9.40. The van der Waals surface area contributed by atoms with Gasteiger partial charge in [0.2, 0.25) is 0 Å². The number of pyridine rings is 1. The van der Waals surface area contributed by atoms with Crippen molar-refractivity contribution in [3.8, 4) is 73.2 Å². The fraction of sp³-hybridized carbons (Fsp3) is 0.182. The second-order valence-corrected chi connectivity index (χ2v) is 21.7. The van der Waals surface area contributed by atoms with Crippen LogP contribution in [-0.2, 0) is 37.3 Å². The Hall–Kier alpha value is -7.33. The van der Waals surface area contributed by atoms with E-state index in [9.17, 15) is 2.74 Å². The van der Waals surface area contributed by atoms with Crippen LogP contribution in [0.5, 0.6) is 11.5 Å². The standard InChI is InChI=1S/C66H56N4O.Pt/c1-64(2,3)43-34-35-67-60(38-43)70-57-30-16-15-25-50(57)51-33-32-47(40-59(51)70)71-46-23-17-22-45(39-46)68-41-69-62-48(42-20-11-10-12-21-42)27-18-28-54(62)55-36-44(65(4,5)6)37-56(66(7,8)9)61(55)52-26-14-13-24-49(52)53-29-19-31-58(68)63(53)69;/h10-38H,1-9H3;/q-2;/i10D,11D,12D,20D,21D;. The van der Waals surface area contributed by atoms with E-state index in [2.05, 4.69) is 182 Å². The molecule has 11 aromatic rings. The largest absolute Gasteiger partial charge is 0.510 e. The van der Waals surface area contributed by atoms with E-state index in [1.54, 1.807) is 0 Å². The van der Waals surface area contributed by atoms with Crippen LogP contribution in [0.3, 0.4) is 0 Å². The summed E-state index contributed by atoms with van der Waals surface area (Å²) in [4.78, 5) is 4.87. The van der Waals surface area contributed by atoms with Crippen LogP contribution in [0.25, 0.3) is 94.5 Å². The van der Waals surface area contributed by atoms with Crippen LogP contribution in [-0.4, -0.2) is 14.1 Å². The van der Waals surface area contributed by atoms with Gasteiger partial charge in [0, 0.05) is 44.3 Å². The van der Waals surface area contributed by atoms with Crippen LogP contribution in [0.2, 0.25) is 0 Å². The molecule has 0 unspecified atom stereocenters. The average Bonchev–Trinajstić information content (AvgIpc) is 3.95. The molecule has 0 bridgehead atoms. The third-order valence-corrected chi connectivity index (χ3v) is 13.9. The topological polar surface area (TPSA) is 35.9 Å². The van der Waals surface area contributed by atoms with Gasteiger partial charge in [-0.25, -0.2) is 4.98 Å². The molecule has 0 fully saturated rings. The fourth-order valence-electron chi connectivity index (χ4n) is 10.3. The summed E-state index contributed by atoms with van der Waals surface area (Å²) in [7, 11) is 0. The fourth-order valence-corrected chi connectivity index (χ4v) is 10.3. The molecule has 1 aliphatic rings. The number of benzene rings is 8. The Labute approximate surface area is 444 Å². The number of hydrogen-bond acceptors (Lipinski definition) is 2. The van der Waals surface area contributed by atoms with E-state index in [1.165, 1.54) is 11.1 Å². The van der Waals surface area contributed by atoms with Crippen LogP contribution in [0, 0.1) is 18.5 Å². The Morgan fingerprint density at radius 2 is 1.22 bits per heavy atom. The minimum absolute atomic E-state index is 0. The number of hydrogen-bond donors (Lipinski definition) is 0. The van der Waals surface area contributed by atoms with Gasteiger partial charge in [0.1, 0.15) is 5.82 Å². The first kappa shape index (κ1) is 41.3. The molecule has 4 heterocycles. The first-order valence-corrected chi connectivity index (χ1v) is 24.3. The molecule has 12 rings (SSSR count). The SMILES string of the molecule is [2H]c1c([2H])c([2H])c(-c2cccc3c2-[n+]2[c-]n(-c4[c-]c(Oc5[c-]c6c(cc5)c5ccccc5n6-c5cc(C(C)(C)C)ccn5)ccc4)c4cccc(c42)-c2ccccc2-c2c-3cc(C(C)(C)C)cc2C(C)(C)C)c([2H])c1[2H].[Pt]. The van der Waals surface area contributed by atoms with Gasteiger partial charge in [0.05, 0.1) is 23.6 Å². The second-order valence-electron chi connectivity index (χ2n) is 21.7. The van der Waals surface area contributed by atoms with E-state index < -0.39 is 18.1 Å². The molecular weight excluding hydrogens is 1060 g/mol. The molecule has 0 spiro atoms. The second kappa shape index (κ2) is 17.5. The molecule has 0 saturated carbocycles. The van der Waals surface area contributed by atoms with E-state index in [4.69, 9.17) is 13.8 Å². The van der Waals surface area contributed by atoms with Gasteiger partial charge in [0.15, 0.2) is 0 Å². The Kier molecular flexibility index (Phi) is 10.0. The predicted molar refractivity (Wildman–Crippen MR) is 291 cm³/mol. The minimum atomic E-state index is -0.446. The quantitative estimate of drug-likeness (QED) is 0.127. The molecule has 72 heavy (non-hydrogen) atoms. The van der Waals surface area contributed by atoms with Crippen molar-refractivity contribution in [3.05, 3.63) is 211 Å². The van der Waals surface area contributed by atoms with Gasteiger partial charge in [0.25, 0.3) is 6.33 Å². The Morgan fingerprint density at radius 1 is 0.556 bits per heavy atom. The van der Waals surface area contributed by atoms with Crippen LogP contribution in [0.4, 0.5) is 0 Å². The molecule has 8 aromatic carbocycles. The number of imidazole rings is 1. The molecule has 358 valence electrons. The average molecular weight is 1120 g/mol. The van der Waals surface area contributed by atoms with Crippen molar-refractivity contribution in [1.82, 2.24) is 14.1 Å². The first-order chi connectivity index (χ1) is 36.2. The minimum Gasteiger partial charge on any atom is -0.510 e. The van der Waals surface area contributed by atoms with E-state index in [0.29, 0.717) is 28.4 Å². The zero-order valence-electron chi connectivity index (χ0n) is 46.9. The molecule has 0 radical (unpaired) electrons. The zero-order valence-corrected chi connectivity index (χ0v) is 44.1. The van der Waals surface area contributed by atoms with Crippen LogP contribution in [0.15, 0.2) is 176 Å². The normalized spacial score (nSPS) is 13.4. The van der Waals surface area contributed by atoms with Gasteiger partial charge in [-0.1, -0.05) is 189 Å². The third-order valence-electron chi connectivity index (χ3n) is 13.9. The number of rotatable bonds is 5. The Morgan fingerprint density at radius 3 is 2.00 bits per heavy atom. The van der Waals surface area contributed by atoms with Crippen molar-refractivity contribution in [2.24, 2.45) is 0 Å². The number of nitrogens with zero attached hydrogens (tertiary/aromatic N) is 4. The summed E-state index contributed by atoms with van der Waals surface area (Å²) in [6, 6.07) is 53.1. The number of aromatic nitrogens is 4. The summed E-state index contributed by atoms with van der Waals surface area (Å²) in [6.07, 6.45) is 5.66. The van der Waals surface area contributed by atoms with Crippen molar-refractivity contribution >= 4 is 32.8 Å². The number of ether oxygens (including phenoxy) is 1. The molecule has 0 amide bonds. The van der Waals surface area contributed by atoms with Gasteiger partial charge in [-0.15, -0.1) is 29.7 Å². The van der Waals surface area contributed by atoms with Gasteiger partial charge >= 0.3 is 0 Å². The number of fused-ring (bicyclic) bond motifs is 10. The third kappa shape index (κ3) is 7.90. The van der Waals surface area contributed by atoms with E-state index in [1.807, 2.05) is 57.8 Å². The summed E-state index contributed by atoms with van der Waals surface area (Å²) in [6.45, 7) is 20.1. The van der Waals surface area contributed by atoms with Crippen molar-refractivity contribution in [2.75, 3.05) is 0 Å². The summed E-state index contributed by atoms with van der Waals surface area (Å²) < 4.78 is 58.0. The van der Waals surface area contributed by atoms with Crippen molar-refractivity contribution < 1.29 is 37.2 Å². The van der Waals surface area contributed by atoms with Crippen LogP contribution < -0.4 is 9.30 Å². The van der Waals surface area contributed by atoms with E-state index in [0.717, 1.165) is 77.6 Å². The van der Waals surface area contributed by atoms with Gasteiger partial charge in [-0.2, -0.15) is 18.2 Å². The molecule has 0 N–H and O–H groups in total. The smallest absolute Gasteiger partial charge is 0.268 e. The Bertz CT molecular complexity index is 4200.